The maximum atomic E-state index is 10.8. The monoisotopic (exact) mass is 257 g/mol. The van der Waals surface area contributed by atoms with Crippen LogP contribution in [0, 0.1) is 6.92 Å². The number of hydrogen-bond acceptors (Lipinski definition) is 5. The van der Waals surface area contributed by atoms with E-state index in [9.17, 15) is 15.0 Å². The number of phenolic OH excluding ortho intramolecular Hbond substituents is 1. The van der Waals surface area contributed by atoms with Crippen LogP contribution in [-0.2, 0) is 9.53 Å². The van der Waals surface area contributed by atoms with Gasteiger partial charge < -0.3 is 19.7 Å². The zero-order valence-corrected chi connectivity index (χ0v) is 12.5. The molecular formula is C12H12NNaO4. The quantitative estimate of drug-likeness (QED) is 0.572. The first kappa shape index (κ1) is 15.0. The van der Waals surface area contributed by atoms with Gasteiger partial charge in [-0.2, -0.15) is 0 Å². The van der Waals surface area contributed by atoms with Gasteiger partial charge in [-0.3, -0.25) is 0 Å². The van der Waals surface area contributed by atoms with Gasteiger partial charge in [-0.1, -0.05) is 6.07 Å². The van der Waals surface area contributed by atoms with E-state index in [0.717, 1.165) is 5.56 Å². The predicted molar refractivity (Wildman–Crippen MR) is 58.7 cm³/mol. The number of carbonyl (C=O) groups is 1. The van der Waals surface area contributed by atoms with Crippen molar-refractivity contribution in [1.29, 1.82) is 0 Å². The number of rotatable bonds is 2. The second kappa shape index (κ2) is 5.73. The molecule has 2 rings (SSSR count). The molecule has 0 aromatic heterocycles. The number of ether oxygens (including phenoxy) is 1. The molecule has 1 aliphatic heterocycles. The Labute approximate surface area is 127 Å². The van der Waals surface area contributed by atoms with Crippen LogP contribution in [0.5, 0.6) is 5.75 Å². The standard InChI is InChI=1S/C12H13NO4.Na/c1-6-3-4-8(9(14)5-6)11-13-10(12(15)16)7(2)17-11;/h3-5,7,10,14H,1-2H3,(H,15,16);/q;+1/p-1/t7-,10+;/m0./s1. The summed E-state index contributed by atoms with van der Waals surface area (Å²) >= 11 is 0. The molecule has 0 saturated heterocycles. The topological polar surface area (TPSA) is 82.0 Å². The number of nitrogens with zero attached hydrogens (tertiary/aromatic N) is 1. The number of benzene rings is 1. The minimum Gasteiger partial charge on any atom is -0.548 e. The molecule has 18 heavy (non-hydrogen) atoms. The van der Waals surface area contributed by atoms with Crippen LogP contribution in [0.1, 0.15) is 18.1 Å². The molecule has 1 aromatic carbocycles. The average Bonchev–Trinajstić information content (AvgIpc) is 2.60. The van der Waals surface area contributed by atoms with Crippen LogP contribution < -0.4 is 34.7 Å². The molecule has 6 heteroatoms. The first-order valence-electron chi connectivity index (χ1n) is 5.24. The van der Waals surface area contributed by atoms with E-state index in [0.29, 0.717) is 5.56 Å². The maximum absolute atomic E-state index is 10.8. The smallest absolute Gasteiger partial charge is 0.548 e. The normalized spacial score (nSPS) is 21.8. The number of carbonyl (C=O) groups excluding carboxylic acids is 1. The molecule has 0 aliphatic carbocycles. The Morgan fingerprint density at radius 2 is 2.17 bits per heavy atom. The maximum Gasteiger partial charge on any atom is 1.00 e. The number of carboxylic acids is 1. The number of phenols is 1. The summed E-state index contributed by atoms with van der Waals surface area (Å²) in [6, 6.07) is 3.98. The second-order valence-corrected chi connectivity index (χ2v) is 4.04. The molecule has 2 atom stereocenters. The molecule has 1 aromatic rings. The summed E-state index contributed by atoms with van der Waals surface area (Å²) < 4.78 is 5.31. The van der Waals surface area contributed by atoms with Crippen LogP contribution in [0.2, 0.25) is 0 Å². The van der Waals surface area contributed by atoms with Crippen LogP contribution in [0.4, 0.5) is 0 Å². The summed E-state index contributed by atoms with van der Waals surface area (Å²) in [7, 11) is 0. The first-order valence-corrected chi connectivity index (χ1v) is 5.24. The number of aryl methyl sites for hydroxylation is 1. The first-order chi connectivity index (χ1) is 7.99. The van der Waals surface area contributed by atoms with E-state index in [1.165, 1.54) is 0 Å². The van der Waals surface area contributed by atoms with Crippen molar-refractivity contribution in [3.05, 3.63) is 29.3 Å². The van der Waals surface area contributed by atoms with Gasteiger partial charge in [0.1, 0.15) is 17.9 Å². The van der Waals surface area contributed by atoms with Crippen LogP contribution in [-0.4, -0.2) is 29.1 Å². The van der Waals surface area contributed by atoms with E-state index in [1.54, 1.807) is 25.1 Å². The molecule has 1 N–H and O–H groups in total. The van der Waals surface area contributed by atoms with Gasteiger partial charge in [0, 0.05) is 0 Å². The number of carboxylic acid groups (broad SMARTS) is 1. The van der Waals surface area contributed by atoms with Crippen molar-refractivity contribution < 1.29 is 49.3 Å². The van der Waals surface area contributed by atoms with Crippen LogP contribution in [0.25, 0.3) is 0 Å². The minimum atomic E-state index is -1.28. The third-order valence-electron chi connectivity index (χ3n) is 2.62. The average molecular weight is 257 g/mol. The largest absolute Gasteiger partial charge is 1.00 e. The van der Waals surface area contributed by atoms with Gasteiger partial charge in [0.05, 0.1) is 11.5 Å². The molecule has 1 heterocycles. The van der Waals surface area contributed by atoms with Crippen molar-refractivity contribution >= 4 is 11.9 Å². The summed E-state index contributed by atoms with van der Waals surface area (Å²) in [4.78, 5) is 14.7. The van der Waals surface area contributed by atoms with E-state index in [4.69, 9.17) is 4.74 Å². The Morgan fingerprint density at radius 3 is 2.67 bits per heavy atom. The van der Waals surface area contributed by atoms with Gasteiger partial charge in [0.2, 0.25) is 5.90 Å². The van der Waals surface area contributed by atoms with Crippen LogP contribution in [0.3, 0.4) is 0 Å². The van der Waals surface area contributed by atoms with Crippen molar-refractivity contribution in [1.82, 2.24) is 0 Å². The Hall–Kier alpha value is -1.04. The number of aliphatic carboxylic acids is 1. The molecule has 0 radical (unpaired) electrons. The van der Waals surface area contributed by atoms with Crippen molar-refractivity contribution in [2.75, 3.05) is 0 Å². The minimum absolute atomic E-state index is 0. The molecule has 0 fully saturated rings. The zero-order chi connectivity index (χ0) is 12.6. The third-order valence-corrected chi connectivity index (χ3v) is 2.62. The van der Waals surface area contributed by atoms with Gasteiger partial charge >= 0.3 is 29.6 Å². The van der Waals surface area contributed by atoms with Crippen LogP contribution >= 0.6 is 0 Å². The van der Waals surface area contributed by atoms with Crippen molar-refractivity contribution in [2.45, 2.75) is 26.0 Å². The van der Waals surface area contributed by atoms with Gasteiger partial charge in [0.25, 0.3) is 0 Å². The number of hydrogen-bond donors (Lipinski definition) is 1. The Balaban J connectivity index is 0.00000162. The molecular weight excluding hydrogens is 245 g/mol. The molecule has 1 aliphatic rings. The van der Waals surface area contributed by atoms with Gasteiger partial charge in [-0.05, 0) is 31.5 Å². The fourth-order valence-corrected chi connectivity index (χ4v) is 1.70. The second-order valence-electron chi connectivity index (χ2n) is 4.04. The van der Waals surface area contributed by atoms with Crippen molar-refractivity contribution in [3.63, 3.8) is 0 Å². The van der Waals surface area contributed by atoms with Crippen molar-refractivity contribution in [2.24, 2.45) is 4.99 Å². The Kier molecular flexibility index (Phi) is 4.78. The fraction of sp³-hybridized carbons (Fsp3) is 0.333. The van der Waals surface area contributed by atoms with Gasteiger partial charge in [-0.25, -0.2) is 4.99 Å². The van der Waals surface area contributed by atoms with E-state index in [2.05, 4.69) is 4.99 Å². The summed E-state index contributed by atoms with van der Waals surface area (Å²) in [5.41, 5.74) is 1.29. The summed E-state index contributed by atoms with van der Waals surface area (Å²) in [5, 5.41) is 20.5. The SMILES string of the molecule is Cc1ccc(C2=N[C@@H](C(=O)[O-])[C@H](C)O2)c(O)c1.[Na+]. The summed E-state index contributed by atoms with van der Waals surface area (Å²) in [6.45, 7) is 3.44. The molecule has 5 nitrogen and oxygen atoms in total. The van der Waals surface area contributed by atoms with Gasteiger partial charge in [-0.15, -0.1) is 0 Å². The molecule has 0 spiro atoms. The predicted octanol–water partition coefficient (Wildman–Crippen LogP) is -3.01. The van der Waals surface area contributed by atoms with E-state index >= 15 is 0 Å². The number of aliphatic imine (C=N–C) groups is 1. The van der Waals surface area contributed by atoms with Crippen LogP contribution in [0.15, 0.2) is 23.2 Å². The van der Waals surface area contributed by atoms with E-state index < -0.39 is 18.1 Å². The van der Waals surface area contributed by atoms with Gasteiger partial charge in [0.15, 0.2) is 0 Å². The fourth-order valence-electron chi connectivity index (χ4n) is 1.70. The zero-order valence-electron chi connectivity index (χ0n) is 10.5. The number of aromatic hydroxyl groups is 1. The Morgan fingerprint density at radius 1 is 1.50 bits per heavy atom. The van der Waals surface area contributed by atoms with E-state index in [-0.39, 0.29) is 41.2 Å². The third kappa shape index (κ3) is 2.85. The van der Waals surface area contributed by atoms with Crippen molar-refractivity contribution in [3.8, 4) is 5.75 Å². The Bertz CT molecular complexity index is 501. The molecule has 0 bridgehead atoms. The summed E-state index contributed by atoms with van der Waals surface area (Å²) in [5.74, 6) is -1.11. The molecule has 0 saturated carbocycles. The van der Waals surface area contributed by atoms with E-state index in [1.807, 2.05) is 6.92 Å². The molecule has 0 unspecified atom stereocenters. The molecule has 0 amide bonds. The molecule has 90 valence electrons. The summed E-state index contributed by atoms with van der Waals surface area (Å²) in [6.07, 6.45) is -0.587.